The SMILES string of the molecule is O=C(NC1CCCNC1)C1CCCc2ccccc21. The summed E-state index contributed by atoms with van der Waals surface area (Å²) >= 11 is 0. The topological polar surface area (TPSA) is 41.1 Å². The van der Waals surface area contributed by atoms with Crippen molar-refractivity contribution in [2.75, 3.05) is 13.1 Å². The third-order valence-corrected chi connectivity index (χ3v) is 4.33. The van der Waals surface area contributed by atoms with Crippen LogP contribution < -0.4 is 10.6 Å². The number of rotatable bonds is 2. The van der Waals surface area contributed by atoms with E-state index < -0.39 is 0 Å². The summed E-state index contributed by atoms with van der Waals surface area (Å²) < 4.78 is 0. The predicted octanol–water partition coefficient (Wildman–Crippen LogP) is 1.97. The first kappa shape index (κ1) is 12.7. The highest BCUT2D eigenvalue weighted by molar-refractivity contribution is 5.84. The Morgan fingerprint density at radius 3 is 2.95 bits per heavy atom. The van der Waals surface area contributed by atoms with Crippen molar-refractivity contribution in [3.63, 3.8) is 0 Å². The number of nitrogens with one attached hydrogen (secondary N) is 2. The first-order chi connectivity index (χ1) is 9.34. The van der Waals surface area contributed by atoms with Crippen molar-refractivity contribution in [1.29, 1.82) is 0 Å². The lowest BCUT2D eigenvalue weighted by Crippen LogP contribution is -2.47. The Hall–Kier alpha value is -1.35. The number of piperidine rings is 1. The number of aryl methyl sites for hydroxylation is 1. The minimum atomic E-state index is 0.0619. The Morgan fingerprint density at radius 2 is 2.11 bits per heavy atom. The molecule has 1 aromatic carbocycles. The number of hydrogen-bond donors (Lipinski definition) is 2. The van der Waals surface area contributed by atoms with Crippen LogP contribution in [0.25, 0.3) is 0 Å². The molecule has 3 rings (SSSR count). The molecule has 2 unspecified atom stereocenters. The second kappa shape index (κ2) is 5.74. The molecule has 1 aromatic rings. The fourth-order valence-electron chi connectivity index (χ4n) is 3.30. The van der Waals surface area contributed by atoms with E-state index in [2.05, 4.69) is 28.8 Å². The van der Waals surface area contributed by atoms with Gasteiger partial charge in [-0.2, -0.15) is 0 Å². The van der Waals surface area contributed by atoms with Gasteiger partial charge in [-0.1, -0.05) is 24.3 Å². The van der Waals surface area contributed by atoms with E-state index in [4.69, 9.17) is 0 Å². The van der Waals surface area contributed by atoms with Crippen molar-refractivity contribution in [1.82, 2.24) is 10.6 Å². The highest BCUT2D eigenvalue weighted by Crippen LogP contribution is 2.31. The summed E-state index contributed by atoms with van der Waals surface area (Å²) in [6.45, 7) is 2.00. The van der Waals surface area contributed by atoms with E-state index in [1.165, 1.54) is 11.1 Å². The van der Waals surface area contributed by atoms with Gasteiger partial charge < -0.3 is 10.6 Å². The van der Waals surface area contributed by atoms with Crippen LogP contribution in [0.1, 0.15) is 42.7 Å². The molecule has 1 heterocycles. The Balaban J connectivity index is 1.70. The molecule has 3 nitrogen and oxygen atoms in total. The van der Waals surface area contributed by atoms with Crippen molar-refractivity contribution in [3.05, 3.63) is 35.4 Å². The van der Waals surface area contributed by atoms with Crippen LogP contribution in [-0.4, -0.2) is 25.0 Å². The molecule has 3 heteroatoms. The van der Waals surface area contributed by atoms with E-state index >= 15 is 0 Å². The molecule has 1 saturated heterocycles. The predicted molar refractivity (Wildman–Crippen MR) is 76.2 cm³/mol. The second-order valence-corrected chi connectivity index (χ2v) is 5.70. The van der Waals surface area contributed by atoms with Crippen LogP contribution in [0.3, 0.4) is 0 Å². The van der Waals surface area contributed by atoms with Gasteiger partial charge >= 0.3 is 0 Å². The van der Waals surface area contributed by atoms with Crippen molar-refractivity contribution in [3.8, 4) is 0 Å². The summed E-state index contributed by atoms with van der Waals surface area (Å²) in [6.07, 6.45) is 5.49. The summed E-state index contributed by atoms with van der Waals surface area (Å²) in [5.74, 6) is 0.285. The van der Waals surface area contributed by atoms with Crippen LogP contribution in [0.15, 0.2) is 24.3 Å². The van der Waals surface area contributed by atoms with Gasteiger partial charge in [0.25, 0.3) is 0 Å². The lowest BCUT2D eigenvalue weighted by molar-refractivity contribution is -0.123. The molecule has 0 aromatic heterocycles. The minimum absolute atomic E-state index is 0.0619. The van der Waals surface area contributed by atoms with E-state index in [1.54, 1.807) is 0 Å². The molecule has 0 spiro atoms. The van der Waals surface area contributed by atoms with Crippen LogP contribution in [0.2, 0.25) is 0 Å². The highest BCUT2D eigenvalue weighted by Gasteiger charge is 2.27. The van der Waals surface area contributed by atoms with Gasteiger partial charge in [0.05, 0.1) is 5.92 Å². The standard InChI is InChI=1S/C16H22N2O/c19-16(18-13-7-4-10-17-11-13)15-9-3-6-12-5-1-2-8-14(12)15/h1-2,5,8,13,15,17H,3-4,6-7,9-11H2,(H,18,19). The first-order valence-corrected chi connectivity index (χ1v) is 7.43. The zero-order valence-corrected chi connectivity index (χ0v) is 11.3. The maximum atomic E-state index is 12.5. The van der Waals surface area contributed by atoms with Crippen molar-refractivity contribution < 1.29 is 4.79 Å². The molecular weight excluding hydrogens is 236 g/mol. The van der Waals surface area contributed by atoms with Crippen LogP contribution >= 0.6 is 0 Å². The zero-order chi connectivity index (χ0) is 13.1. The molecule has 1 aliphatic heterocycles. The Kier molecular flexibility index (Phi) is 3.83. The molecule has 2 N–H and O–H groups in total. The van der Waals surface area contributed by atoms with E-state index in [0.29, 0.717) is 6.04 Å². The maximum absolute atomic E-state index is 12.5. The Labute approximate surface area is 114 Å². The molecular formula is C16H22N2O. The molecule has 1 amide bonds. The molecule has 0 bridgehead atoms. The third-order valence-electron chi connectivity index (χ3n) is 4.33. The quantitative estimate of drug-likeness (QED) is 0.851. The van der Waals surface area contributed by atoms with Gasteiger partial charge in [0.15, 0.2) is 0 Å². The molecule has 2 atom stereocenters. The fourth-order valence-corrected chi connectivity index (χ4v) is 3.30. The van der Waals surface area contributed by atoms with Gasteiger partial charge in [-0.3, -0.25) is 4.79 Å². The van der Waals surface area contributed by atoms with Crippen LogP contribution in [-0.2, 0) is 11.2 Å². The van der Waals surface area contributed by atoms with Crippen molar-refractivity contribution in [2.45, 2.75) is 44.1 Å². The largest absolute Gasteiger partial charge is 0.352 e. The molecule has 19 heavy (non-hydrogen) atoms. The number of benzene rings is 1. The van der Waals surface area contributed by atoms with Gasteiger partial charge in [0.2, 0.25) is 5.91 Å². The summed E-state index contributed by atoms with van der Waals surface area (Å²) in [6, 6.07) is 8.72. The van der Waals surface area contributed by atoms with Gasteiger partial charge in [0.1, 0.15) is 0 Å². The van der Waals surface area contributed by atoms with Crippen LogP contribution in [0, 0.1) is 0 Å². The monoisotopic (exact) mass is 258 g/mol. The normalized spacial score (nSPS) is 26.5. The van der Waals surface area contributed by atoms with Crippen LogP contribution in [0.4, 0.5) is 0 Å². The van der Waals surface area contributed by atoms with E-state index in [9.17, 15) is 4.79 Å². The number of hydrogen-bond acceptors (Lipinski definition) is 2. The lowest BCUT2D eigenvalue weighted by Gasteiger charge is -2.29. The molecule has 1 aliphatic carbocycles. The molecule has 102 valence electrons. The average molecular weight is 258 g/mol. The van der Waals surface area contributed by atoms with E-state index in [1.807, 2.05) is 6.07 Å². The van der Waals surface area contributed by atoms with Gasteiger partial charge in [-0.05, 0) is 49.8 Å². The summed E-state index contributed by atoms with van der Waals surface area (Å²) in [7, 11) is 0. The maximum Gasteiger partial charge on any atom is 0.227 e. The Bertz CT molecular complexity index is 452. The molecule has 0 radical (unpaired) electrons. The highest BCUT2D eigenvalue weighted by atomic mass is 16.1. The molecule has 0 saturated carbocycles. The van der Waals surface area contributed by atoms with Gasteiger partial charge in [-0.25, -0.2) is 0 Å². The second-order valence-electron chi connectivity index (χ2n) is 5.70. The number of fused-ring (bicyclic) bond motifs is 1. The smallest absolute Gasteiger partial charge is 0.227 e. The Morgan fingerprint density at radius 1 is 1.21 bits per heavy atom. The number of carbonyl (C=O) groups is 1. The van der Waals surface area contributed by atoms with E-state index in [0.717, 1.165) is 45.2 Å². The average Bonchev–Trinajstić information content (AvgIpc) is 2.47. The molecule has 2 aliphatic rings. The lowest BCUT2D eigenvalue weighted by atomic mass is 9.82. The van der Waals surface area contributed by atoms with Crippen molar-refractivity contribution >= 4 is 5.91 Å². The summed E-state index contributed by atoms with van der Waals surface area (Å²) in [5.41, 5.74) is 2.60. The first-order valence-electron chi connectivity index (χ1n) is 7.43. The van der Waals surface area contributed by atoms with Crippen molar-refractivity contribution in [2.24, 2.45) is 0 Å². The minimum Gasteiger partial charge on any atom is -0.352 e. The molecule has 1 fully saturated rings. The van der Waals surface area contributed by atoms with E-state index in [-0.39, 0.29) is 11.8 Å². The summed E-state index contributed by atoms with van der Waals surface area (Å²) in [4.78, 5) is 12.5. The fraction of sp³-hybridized carbons (Fsp3) is 0.562. The van der Waals surface area contributed by atoms with Gasteiger partial charge in [0, 0.05) is 12.6 Å². The summed E-state index contributed by atoms with van der Waals surface area (Å²) in [5, 5.41) is 6.58. The van der Waals surface area contributed by atoms with Crippen LogP contribution in [0.5, 0.6) is 0 Å². The van der Waals surface area contributed by atoms with Gasteiger partial charge in [-0.15, -0.1) is 0 Å². The number of amides is 1. The third kappa shape index (κ3) is 2.81. The zero-order valence-electron chi connectivity index (χ0n) is 11.3. The number of carbonyl (C=O) groups excluding carboxylic acids is 1.